The van der Waals surface area contributed by atoms with Crippen molar-refractivity contribution in [3.05, 3.63) is 59.1 Å². The van der Waals surface area contributed by atoms with Crippen molar-refractivity contribution in [1.29, 1.82) is 0 Å². The number of hydrogen-bond donors (Lipinski definition) is 2. The minimum absolute atomic E-state index is 0.0977. The molecule has 4 fully saturated rings. The van der Waals surface area contributed by atoms with E-state index in [9.17, 15) is 9.59 Å². The second-order valence-corrected chi connectivity index (χ2v) is 12.2. The van der Waals surface area contributed by atoms with Crippen LogP contribution in [-0.4, -0.2) is 58.8 Å². The van der Waals surface area contributed by atoms with E-state index in [1.54, 1.807) is 26.6 Å². The zero-order chi connectivity index (χ0) is 27.9. The zero-order valence-corrected chi connectivity index (χ0v) is 23.4. The maximum Gasteiger partial charge on any atom is 0.253 e. The van der Waals surface area contributed by atoms with Gasteiger partial charge in [0, 0.05) is 74.0 Å². The number of nitrogens with two attached hydrogens (primary N) is 1. The number of anilines is 2. The normalized spacial score (nSPS) is 27.4. The second-order valence-electron chi connectivity index (χ2n) is 12.2. The van der Waals surface area contributed by atoms with E-state index in [1.807, 2.05) is 24.3 Å². The molecule has 2 saturated heterocycles. The van der Waals surface area contributed by atoms with E-state index in [2.05, 4.69) is 21.3 Å². The van der Waals surface area contributed by atoms with Crippen molar-refractivity contribution in [3.8, 4) is 5.75 Å². The Morgan fingerprint density at radius 1 is 1.15 bits per heavy atom. The molecular formula is C31H39N5O4. The molecule has 2 saturated carbocycles. The van der Waals surface area contributed by atoms with Crippen molar-refractivity contribution in [1.82, 2.24) is 14.5 Å². The average Bonchev–Trinajstić information content (AvgIpc) is 3.44. The van der Waals surface area contributed by atoms with Gasteiger partial charge in [-0.15, -0.1) is 0 Å². The Kier molecular flexibility index (Phi) is 6.94. The largest absolute Gasteiger partial charge is 0.493 e. The lowest BCUT2D eigenvalue weighted by Crippen LogP contribution is -2.56. The fourth-order valence-electron chi connectivity index (χ4n) is 7.30. The molecule has 3 N–H and O–H groups in total. The van der Waals surface area contributed by atoms with Crippen LogP contribution in [0.25, 0.3) is 10.8 Å². The van der Waals surface area contributed by atoms with Crippen LogP contribution < -0.4 is 21.3 Å². The number of nitrogens with zero attached hydrogens (tertiary/aromatic N) is 3. The monoisotopic (exact) mass is 545 g/mol. The summed E-state index contributed by atoms with van der Waals surface area (Å²) in [5.41, 5.74) is 6.64. The summed E-state index contributed by atoms with van der Waals surface area (Å²) >= 11 is 0. The summed E-state index contributed by atoms with van der Waals surface area (Å²) < 4.78 is 13.2. The van der Waals surface area contributed by atoms with Crippen LogP contribution in [-0.2, 0) is 16.6 Å². The van der Waals surface area contributed by atoms with E-state index in [0.717, 1.165) is 55.0 Å². The molecule has 1 amide bonds. The predicted molar refractivity (Wildman–Crippen MR) is 155 cm³/mol. The average molecular weight is 546 g/mol. The van der Waals surface area contributed by atoms with E-state index in [1.165, 1.54) is 10.6 Å². The summed E-state index contributed by atoms with van der Waals surface area (Å²) in [5, 5.41) is 5.61. The van der Waals surface area contributed by atoms with Gasteiger partial charge in [0.15, 0.2) is 0 Å². The van der Waals surface area contributed by atoms with Crippen molar-refractivity contribution >= 4 is 28.2 Å². The molecule has 3 aromatic rings. The third kappa shape index (κ3) is 4.91. The van der Waals surface area contributed by atoms with Gasteiger partial charge < -0.3 is 30.0 Å². The number of methoxy groups -OCH3 is 1. The number of carbonyl (C=O) groups is 1. The van der Waals surface area contributed by atoms with Gasteiger partial charge in [0.05, 0.1) is 18.2 Å². The minimum Gasteiger partial charge on any atom is -0.493 e. The minimum atomic E-state index is -0.266. The van der Waals surface area contributed by atoms with Gasteiger partial charge in [-0.3, -0.25) is 9.59 Å². The van der Waals surface area contributed by atoms with Crippen molar-refractivity contribution in [2.45, 2.75) is 56.6 Å². The molecule has 4 heterocycles. The number of nitrogens with one attached hydrogen (secondary N) is 1. The number of amides is 1. The Morgan fingerprint density at radius 2 is 1.95 bits per heavy atom. The molecule has 7 rings (SSSR count). The van der Waals surface area contributed by atoms with Crippen LogP contribution in [0.4, 0.5) is 11.5 Å². The standard InChI is InChI=1S/C31H39N5O4/c1-35-13-11-23(15-27(35)37)40-20-30-16-31(17-30,18-34-26-5-3-4-25-24(26)10-12-33-29(25)32)36(19-30)28(38)14-21-6-8-22(39-2)9-7-21/h3-5,10-13,15,21-22,34H,6-9,14,16-20H2,1-2H3,(H2,32,33). The molecule has 2 aliphatic heterocycles. The number of aromatic nitrogens is 2. The number of rotatable bonds is 9. The Labute approximate surface area is 234 Å². The lowest BCUT2D eigenvalue weighted by Gasteiger charge is -2.48. The van der Waals surface area contributed by atoms with Gasteiger partial charge in [-0.2, -0.15) is 0 Å². The predicted octanol–water partition coefficient (Wildman–Crippen LogP) is 3.96. The molecule has 9 heteroatoms. The molecule has 1 aromatic carbocycles. The van der Waals surface area contributed by atoms with Gasteiger partial charge in [0.2, 0.25) is 5.91 Å². The first kappa shape index (κ1) is 26.6. The Morgan fingerprint density at radius 3 is 2.70 bits per heavy atom. The molecule has 2 aromatic heterocycles. The molecule has 40 heavy (non-hydrogen) atoms. The SMILES string of the molecule is COC1CCC(CC(=O)N2CC3(COc4ccn(C)c(=O)c4)CC2(CNc2cccc4c(N)nccc24)C3)CC1. The third-order valence-electron chi connectivity index (χ3n) is 9.43. The van der Waals surface area contributed by atoms with Gasteiger partial charge in [-0.1, -0.05) is 12.1 Å². The number of hydrogen-bond acceptors (Lipinski definition) is 7. The van der Waals surface area contributed by atoms with E-state index >= 15 is 0 Å². The molecular weight excluding hydrogens is 506 g/mol. The maximum atomic E-state index is 13.8. The van der Waals surface area contributed by atoms with Gasteiger partial charge >= 0.3 is 0 Å². The Bertz CT molecular complexity index is 1460. The van der Waals surface area contributed by atoms with E-state index in [0.29, 0.717) is 49.7 Å². The van der Waals surface area contributed by atoms with Crippen LogP contribution in [0.1, 0.15) is 44.9 Å². The highest BCUT2D eigenvalue weighted by Crippen LogP contribution is 2.60. The van der Waals surface area contributed by atoms with Crippen LogP contribution in [0.2, 0.25) is 0 Å². The lowest BCUT2D eigenvalue weighted by atomic mass is 9.62. The van der Waals surface area contributed by atoms with E-state index in [-0.39, 0.29) is 22.4 Å². The highest BCUT2D eigenvalue weighted by atomic mass is 16.5. The number of aryl methyl sites for hydroxylation is 1. The highest BCUT2D eigenvalue weighted by Gasteiger charge is 2.66. The summed E-state index contributed by atoms with van der Waals surface area (Å²) in [7, 11) is 3.50. The summed E-state index contributed by atoms with van der Waals surface area (Å²) in [6.45, 7) is 1.82. The van der Waals surface area contributed by atoms with E-state index < -0.39 is 0 Å². The van der Waals surface area contributed by atoms with Crippen molar-refractivity contribution in [2.75, 3.05) is 37.9 Å². The van der Waals surface area contributed by atoms with Crippen LogP contribution in [0, 0.1) is 11.3 Å². The van der Waals surface area contributed by atoms with Crippen LogP contribution in [0.5, 0.6) is 5.75 Å². The molecule has 0 radical (unpaired) electrons. The first-order valence-corrected chi connectivity index (χ1v) is 14.3. The Hall–Kier alpha value is -3.59. The number of pyridine rings is 2. The quantitative estimate of drug-likeness (QED) is 0.419. The number of carbonyl (C=O) groups excluding carboxylic acids is 1. The molecule has 0 atom stereocenters. The number of fused-ring (bicyclic) bond motifs is 2. The molecule has 9 nitrogen and oxygen atoms in total. The number of ether oxygens (including phenoxy) is 2. The maximum absolute atomic E-state index is 13.8. The fraction of sp³-hybridized carbons (Fsp3) is 0.516. The lowest BCUT2D eigenvalue weighted by molar-refractivity contribution is -0.136. The summed E-state index contributed by atoms with van der Waals surface area (Å²) in [5.74, 6) is 1.73. The number of benzene rings is 1. The van der Waals surface area contributed by atoms with Gasteiger partial charge in [-0.05, 0) is 62.6 Å². The summed E-state index contributed by atoms with van der Waals surface area (Å²) in [6.07, 6.45) is 10.2. The topological polar surface area (TPSA) is 112 Å². The smallest absolute Gasteiger partial charge is 0.253 e. The second kappa shape index (κ2) is 10.4. The first-order valence-electron chi connectivity index (χ1n) is 14.3. The highest BCUT2D eigenvalue weighted by molar-refractivity contribution is 5.99. The Balaban J connectivity index is 1.19. The molecule has 4 aliphatic rings. The van der Waals surface area contributed by atoms with Crippen molar-refractivity contribution in [2.24, 2.45) is 18.4 Å². The van der Waals surface area contributed by atoms with Gasteiger partial charge in [-0.25, -0.2) is 4.98 Å². The van der Waals surface area contributed by atoms with Crippen LogP contribution in [0.15, 0.2) is 53.6 Å². The van der Waals surface area contributed by atoms with Crippen LogP contribution >= 0.6 is 0 Å². The summed E-state index contributed by atoms with van der Waals surface area (Å²) in [6, 6.07) is 11.3. The third-order valence-corrected chi connectivity index (χ3v) is 9.43. The number of nitrogen functional groups attached to an aromatic ring is 1. The molecule has 2 bridgehead atoms. The van der Waals surface area contributed by atoms with Crippen molar-refractivity contribution < 1.29 is 14.3 Å². The van der Waals surface area contributed by atoms with Gasteiger partial charge in [0.25, 0.3) is 5.56 Å². The molecule has 0 spiro atoms. The van der Waals surface area contributed by atoms with E-state index in [4.69, 9.17) is 15.2 Å². The van der Waals surface area contributed by atoms with Crippen LogP contribution in [0.3, 0.4) is 0 Å². The summed E-state index contributed by atoms with van der Waals surface area (Å²) in [4.78, 5) is 32.3. The van der Waals surface area contributed by atoms with Gasteiger partial charge in [0.1, 0.15) is 11.6 Å². The fourth-order valence-corrected chi connectivity index (χ4v) is 7.30. The molecule has 2 aliphatic carbocycles. The molecule has 212 valence electrons. The first-order chi connectivity index (χ1) is 19.3. The van der Waals surface area contributed by atoms with Crippen molar-refractivity contribution in [3.63, 3.8) is 0 Å². The zero-order valence-electron chi connectivity index (χ0n) is 23.4. The molecule has 0 unspecified atom stereocenters.